The maximum absolute atomic E-state index is 11.7. The van der Waals surface area contributed by atoms with Gasteiger partial charge in [-0.1, -0.05) is 5.10 Å². The van der Waals surface area contributed by atoms with Crippen molar-refractivity contribution in [2.24, 2.45) is 0 Å². The monoisotopic (exact) mass is 290 g/mol. The summed E-state index contributed by atoms with van der Waals surface area (Å²) in [7, 11) is -1.94. The van der Waals surface area contributed by atoms with Gasteiger partial charge >= 0.3 is 6.01 Å². The van der Waals surface area contributed by atoms with Gasteiger partial charge in [0.2, 0.25) is 15.9 Å². The fourth-order valence-electron chi connectivity index (χ4n) is 1.89. The average molecular weight is 290 g/mol. The summed E-state index contributed by atoms with van der Waals surface area (Å²) in [5.74, 6) is 0.382. The Hall–Kier alpha value is -1.19. The summed E-state index contributed by atoms with van der Waals surface area (Å²) >= 11 is 0. The molecule has 1 aromatic rings. The van der Waals surface area contributed by atoms with E-state index in [4.69, 9.17) is 9.15 Å². The van der Waals surface area contributed by atoms with Gasteiger partial charge in [-0.25, -0.2) is 13.1 Å². The van der Waals surface area contributed by atoms with Crippen LogP contribution < -0.4 is 10.0 Å². The molecule has 0 saturated carbocycles. The minimum absolute atomic E-state index is 0.0271. The van der Waals surface area contributed by atoms with E-state index in [2.05, 4.69) is 20.2 Å². The molecule has 0 aromatic carbocycles. The maximum Gasteiger partial charge on any atom is 0.329 e. The summed E-state index contributed by atoms with van der Waals surface area (Å²) in [4.78, 5) is 0. The lowest BCUT2D eigenvalue weighted by atomic mass is 10.2. The molecule has 0 radical (unpaired) electrons. The first-order valence-electron chi connectivity index (χ1n) is 6.17. The van der Waals surface area contributed by atoms with Crippen molar-refractivity contribution < 1.29 is 17.6 Å². The predicted octanol–water partition coefficient (Wildman–Crippen LogP) is 0.272. The van der Waals surface area contributed by atoms with Gasteiger partial charge in [-0.05, 0) is 25.8 Å². The SMILES string of the molecule is COCCCS(=O)(=O)Nc1nnc(C2CCCN2)o1. The number of sulfonamides is 1. The molecule has 1 fully saturated rings. The lowest BCUT2D eigenvalue weighted by molar-refractivity contribution is 0.199. The lowest BCUT2D eigenvalue weighted by Crippen LogP contribution is -2.18. The second kappa shape index (κ2) is 6.31. The molecule has 1 atom stereocenters. The van der Waals surface area contributed by atoms with Crippen molar-refractivity contribution in [2.45, 2.75) is 25.3 Å². The minimum atomic E-state index is -3.46. The zero-order valence-corrected chi connectivity index (χ0v) is 11.6. The van der Waals surface area contributed by atoms with Crippen LogP contribution in [0, 0.1) is 0 Å². The highest BCUT2D eigenvalue weighted by atomic mass is 32.2. The van der Waals surface area contributed by atoms with Gasteiger partial charge in [-0.15, -0.1) is 5.10 Å². The fraction of sp³-hybridized carbons (Fsp3) is 0.800. The molecule has 0 aliphatic carbocycles. The van der Waals surface area contributed by atoms with Crippen molar-refractivity contribution in [2.75, 3.05) is 30.7 Å². The van der Waals surface area contributed by atoms with E-state index >= 15 is 0 Å². The Balaban J connectivity index is 1.91. The quantitative estimate of drug-likeness (QED) is 0.694. The van der Waals surface area contributed by atoms with Gasteiger partial charge in [0.05, 0.1) is 11.8 Å². The number of nitrogens with one attached hydrogen (secondary N) is 2. The van der Waals surface area contributed by atoms with Gasteiger partial charge < -0.3 is 14.5 Å². The number of methoxy groups -OCH3 is 1. The zero-order chi connectivity index (χ0) is 13.7. The average Bonchev–Trinajstić information content (AvgIpc) is 2.98. The van der Waals surface area contributed by atoms with Gasteiger partial charge in [0.15, 0.2) is 0 Å². The van der Waals surface area contributed by atoms with Crippen molar-refractivity contribution in [3.05, 3.63) is 5.89 Å². The Morgan fingerprint density at radius 2 is 2.37 bits per heavy atom. The van der Waals surface area contributed by atoms with Crippen LogP contribution in [0.2, 0.25) is 0 Å². The molecule has 2 N–H and O–H groups in total. The Bertz CT molecular complexity index is 495. The number of hydrogen-bond acceptors (Lipinski definition) is 7. The van der Waals surface area contributed by atoms with E-state index < -0.39 is 10.0 Å². The fourth-order valence-corrected chi connectivity index (χ4v) is 2.84. The van der Waals surface area contributed by atoms with Crippen LogP contribution in [0.4, 0.5) is 6.01 Å². The van der Waals surface area contributed by atoms with Crippen molar-refractivity contribution in [3.63, 3.8) is 0 Å². The molecular weight excluding hydrogens is 272 g/mol. The summed E-state index contributed by atoms with van der Waals surface area (Å²) in [5, 5.41) is 10.7. The highest BCUT2D eigenvalue weighted by molar-refractivity contribution is 7.92. The summed E-state index contributed by atoms with van der Waals surface area (Å²) in [6, 6.07) is -0.0552. The Morgan fingerprint density at radius 3 is 3.05 bits per heavy atom. The van der Waals surface area contributed by atoms with Gasteiger partial charge in [-0.3, -0.25) is 0 Å². The topological polar surface area (TPSA) is 106 Å². The van der Waals surface area contributed by atoms with E-state index in [0.29, 0.717) is 18.9 Å². The molecule has 2 heterocycles. The lowest BCUT2D eigenvalue weighted by Gasteiger charge is -2.04. The Kier molecular flexibility index (Phi) is 4.72. The molecule has 2 rings (SSSR count). The second-order valence-corrected chi connectivity index (χ2v) is 6.20. The molecule has 19 heavy (non-hydrogen) atoms. The van der Waals surface area contributed by atoms with Crippen LogP contribution in [0.1, 0.15) is 31.2 Å². The second-order valence-electron chi connectivity index (χ2n) is 4.36. The van der Waals surface area contributed by atoms with E-state index in [1.165, 1.54) is 7.11 Å². The normalized spacial score (nSPS) is 19.7. The first kappa shape index (κ1) is 14.2. The van der Waals surface area contributed by atoms with Crippen LogP contribution in [-0.2, 0) is 14.8 Å². The van der Waals surface area contributed by atoms with Crippen LogP contribution in [0.5, 0.6) is 0 Å². The largest absolute Gasteiger partial charge is 0.406 e. The van der Waals surface area contributed by atoms with E-state index in [9.17, 15) is 8.42 Å². The van der Waals surface area contributed by atoms with E-state index in [1.54, 1.807) is 0 Å². The van der Waals surface area contributed by atoms with Crippen LogP contribution in [0.3, 0.4) is 0 Å². The van der Waals surface area contributed by atoms with E-state index in [1.807, 2.05) is 0 Å². The number of anilines is 1. The molecule has 0 amide bonds. The Labute approximate surface area is 112 Å². The first-order valence-corrected chi connectivity index (χ1v) is 7.82. The van der Waals surface area contributed by atoms with Gasteiger partial charge in [0.25, 0.3) is 0 Å². The molecule has 1 aliphatic rings. The molecule has 0 spiro atoms. The highest BCUT2D eigenvalue weighted by Gasteiger charge is 2.23. The molecule has 9 heteroatoms. The maximum atomic E-state index is 11.7. The van der Waals surface area contributed by atoms with E-state index in [0.717, 1.165) is 19.4 Å². The van der Waals surface area contributed by atoms with Crippen molar-refractivity contribution in [3.8, 4) is 0 Å². The molecule has 1 aliphatic heterocycles. The van der Waals surface area contributed by atoms with Crippen LogP contribution >= 0.6 is 0 Å². The van der Waals surface area contributed by atoms with Crippen molar-refractivity contribution >= 4 is 16.0 Å². The minimum Gasteiger partial charge on any atom is -0.406 e. The smallest absolute Gasteiger partial charge is 0.329 e. The molecule has 8 nitrogen and oxygen atoms in total. The van der Waals surface area contributed by atoms with Crippen LogP contribution in [0.25, 0.3) is 0 Å². The Morgan fingerprint density at radius 1 is 1.53 bits per heavy atom. The third-order valence-electron chi connectivity index (χ3n) is 2.80. The standard InChI is InChI=1S/C10H18N4O4S/c1-17-6-3-7-19(15,16)14-10-13-12-9(18-10)8-4-2-5-11-8/h8,11H,2-7H2,1H3,(H,13,14). The van der Waals surface area contributed by atoms with Crippen molar-refractivity contribution in [1.82, 2.24) is 15.5 Å². The number of ether oxygens (including phenoxy) is 1. The van der Waals surface area contributed by atoms with Gasteiger partial charge in [-0.2, -0.15) is 0 Å². The molecule has 1 unspecified atom stereocenters. The number of hydrogen-bond donors (Lipinski definition) is 2. The molecule has 1 aromatic heterocycles. The number of nitrogens with zero attached hydrogens (tertiary/aromatic N) is 2. The van der Waals surface area contributed by atoms with Crippen molar-refractivity contribution in [1.29, 1.82) is 0 Å². The number of aromatic nitrogens is 2. The summed E-state index contributed by atoms with van der Waals surface area (Å²) in [6.45, 7) is 1.30. The predicted molar refractivity (Wildman–Crippen MR) is 68.2 cm³/mol. The van der Waals surface area contributed by atoms with Gasteiger partial charge in [0.1, 0.15) is 0 Å². The third kappa shape index (κ3) is 4.15. The number of rotatable bonds is 7. The first-order chi connectivity index (χ1) is 9.11. The molecule has 108 valence electrons. The summed E-state index contributed by atoms with van der Waals surface area (Å²) < 4.78 is 35.8. The highest BCUT2D eigenvalue weighted by Crippen LogP contribution is 2.23. The molecule has 1 saturated heterocycles. The van der Waals surface area contributed by atoms with Crippen LogP contribution in [-0.4, -0.2) is 44.6 Å². The van der Waals surface area contributed by atoms with Crippen LogP contribution in [0.15, 0.2) is 4.42 Å². The summed E-state index contributed by atoms with van der Waals surface area (Å²) in [6.07, 6.45) is 2.38. The third-order valence-corrected chi connectivity index (χ3v) is 4.12. The molecular formula is C10H18N4O4S. The zero-order valence-electron chi connectivity index (χ0n) is 10.8. The summed E-state index contributed by atoms with van der Waals surface area (Å²) in [5.41, 5.74) is 0. The van der Waals surface area contributed by atoms with E-state index in [-0.39, 0.29) is 17.8 Å². The van der Waals surface area contributed by atoms with Gasteiger partial charge in [0, 0.05) is 13.7 Å². The molecule has 0 bridgehead atoms.